The third-order valence-corrected chi connectivity index (χ3v) is 2.53. The van der Waals surface area contributed by atoms with Gasteiger partial charge in [0.1, 0.15) is 13.2 Å². The van der Waals surface area contributed by atoms with E-state index < -0.39 is 0 Å². The Morgan fingerprint density at radius 1 is 1.20 bits per heavy atom. The topological polar surface area (TPSA) is 19.9 Å². The van der Waals surface area contributed by atoms with Crippen molar-refractivity contribution < 1.29 is 9.59 Å². The van der Waals surface area contributed by atoms with Crippen LogP contribution in [0, 0.1) is 0 Å². The molecule has 0 aromatic rings. The van der Waals surface area contributed by atoms with Gasteiger partial charge in [-0.05, 0) is 19.3 Å². The highest BCUT2D eigenvalue weighted by atomic mass is 16.3. The third-order valence-electron chi connectivity index (χ3n) is 2.53. The minimum absolute atomic E-state index is 0.0938. The second kappa shape index (κ2) is 3.35. The first-order chi connectivity index (χ1) is 4.77. The van der Waals surface area contributed by atoms with Gasteiger partial charge in [0.25, 0.3) is 0 Å². The van der Waals surface area contributed by atoms with Crippen LogP contribution in [0.4, 0.5) is 0 Å². The summed E-state index contributed by atoms with van der Waals surface area (Å²) >= 11 is 0. The molecule has 0 aromatic carbocycles. The minimum Gasteiger partial charge on any atom is -0.324 e. The van der Waals surface area contributed by atoms with Crippen molar-refractivity contribution in [2.24, 2.45) is 0 Å². The van der Waals surface area contributed by atoms with Gasteiger partial charge in [0, 0.05) is 0 Å². The van der Waals surface area contributed by atoms with Crippen molar-refractivity contribution in [3.63, 3.8) is 0 Å². The van der Waals surface area contributed by atoms with Gasteiger partial charge in [-0.3, -0.25) is 0 Å². The van der Waals surface area contributed by atoms with E-state index >= 15 is 0 Å². The number of likely N-dealkylation sites (N-methyl/N-ethyl adjacent to an activating group) is 1. The van der Waals surface area contributed by atoms with Crippen LogP contribution in [0.3, 0.4) is 0 Å². The molecule has 2 nitrogen and oxygen atoms in total. The fourth-order valence-corrected chi connectivity index (χ4v) is 1.72. The third kappa shape index (κ3) is 1.96. The smallest absolute Gasteiger partial charge is 0.131 e. The molecule has 1 heterocycles. The molecule has 1 radical (unpaired) electrons. The summed E-state index contributed by atoms with van der Waals surface area (Å²) < 4.78 is 1.03. The number of quaternary nitrogens is 1. The minimum atomic E-state index is 0.0938. The normalized spacial score (nSPS) is 24.6. The fourth-order valence-electron chi connectivity index (χ4n) is 1.72. The van der Waals surface area contributed by atoms with Gasteiger partial charge >= 0.3 is 0 Å². The first-order valence-electron chi connectivity index (χ1n) is 4.18. The van der Waals surface area contributed by atoms with Crippen LogP contribution in [-0.2, 0) is 5.11 Å². The Labute approximate surface area is 63.1 Å². The van der Waals surface area contributed by atoms with Crippen molar-refractivity contribution in [2.75, 3.05) is 33.3 Å². The van der Waals surface area contributed by atoms with Crippen LogP contribution in [0.1, 0.15) is 19.3 Å². The lowest BCUT2D eigenvalue weighted by Gasteiger charge is -2.36. The lowest BCUT2D eigenvalue weighted by atomic mass is 10.1. The summed E-state index contributed by atoms with van der Waals surface area (Å²) in [5.41, 5.74) is 0. The quantitative estimate of drug-likeness (QED) is 0.515. The maximum atomic E-state index is 10.4. The van der Waals surface area contributed by atoms with Crippen LogP contribution in [0.15, 0.2) is 0 Å². The summed E-state index contributed by atoms with van der Waals surface area (Å²) in [5.74, 6) is 0. The Hall–Kier alpha value is -0.0800. The summed E-state index contributed by atoms with van der Waals surface area (Å²) in [7, 11) is 2.21. The van der Waals surface area contributed by atoms with Crippen LogP contribution in [0.2, 0.25) is 0 Å². The van der Waals surface area contributed by atoms with Gasteiger partial charge in [-0.1, -0.05) is 0 Å². The van der Waals surface area contributed by atoms with E-state index in [9.17, 15) is 5.11 Å². The van der Waals surface area contributed by atoms with Gasteiger partial charge in [-0.15, -0.1) is 0 Å². The van der Waals surface area contributed by atoms with Gasteiger partial charge in [0.2, 0.25) is 0 Å². The summed E-state index contributed by atoms with van der Waals surface area (Å²) in [4.78, 5) is 0. The summed E-state index contributed by atoms with van der Waals surface area (Å²) in [6, 6.07) is 0. The van der Waals surface area contributed by atoms with Crippen molar-refractivity contribution in [1.82, 2.24) is 0 Å². The summed E-state index contributed by atoms with van der Waals surface area (Å²) in [5, 5.41) is 10.4. The van der Waals surface area contributed by atoms with Gasteiger partial charge in [-0.2, -0.15) is 0 Å². The van der Waals surface area contributed by atoms with E-state index in [1.165, 1.54) is 32.4 Å². The molecule has 1 rings (SSSR count). The first kappa shape index (κ1) is 8.02. The van der Waals surface area contributed by atoms with Crippen molar-refractivity contribution in [1.29, 1.82) is 0 Å². The zero-order valence-corrected chi connectivity index (χ0v) is 6.81. The fraction of sp³-hybridized carbons (Fsp3) is 1.00. The van der Waals surface area contributed by atoms with Crippen molar-refractivity contribution in [3.05, 3.63) is 0 Å². The van der Waals surface area contributed by atoms with E-state index in [1.54, 1.807) is 0 Å². The van der Waals surface area contributed by atoms with Crippen LogP contribution in [-0.4, -0.2) is 37.8 Å². The molecule has 59 valence electrons. The van der Waals surface area contributed by atoms with E-state index in [1.807, 2.05) is 0 Å². The molecule has 0 bridgehead atoms. The SMILES string of the molecule is C[N+]1(CC[O])CCCCC1. The molecule has 0 saturated carbocycles. The molecule has 0 aliphatic carbocycles. The second-order valence-corrected chi connectivity index (χ2v) is 3.56. The lowest BCUT2D eigenvalue weighted by Crippen LogP contribution is -2.49. The van der Waals surface area contributed by atoms with Gasteiger partial charge in [-0.25, -0.2) is 5.11 Å². The highest BCUT2D eigenvalue weighted by Crippen LogP contribution is 2.14. The average molecular weight is 143 g/mol. The number of piperidine rings is 1. The molecule has 2 heteroatoms. The molecule has 1 aliphatic rings. The maximum Gasteiger partial charge on any atom is 0.131 e. The molecular weight excluding hydrogens is 126 g/mol. The molecule has 0 amide bonds. The Bertz CT molecular complexity index is 91.9. The molecule has 1 saturated heterocycles. The second-order valence-electron chi connectivity index (χ2n) is 3.56. The Balaban J connectivity index is 2.32. The monoisotopic (exact) mass is 143 g/mol. The number of rotatable bonds is 2. The van der Waals surface area contributed by atoms with Crippen LogP contribution in [0.5, 0.6) is 0 Å². The highest BCUT2D eigenvalue weighted by molar-refractivity contribution is 4.50. The lowest BCUT2D eigenvalue weighted by molar-refractivity contribution is -0.914. The largest absolute Gasteiger partial charge is 0.324 e. The van der Waals surface area contributed by atoms with Crippen LogP contribution in [0.25, 0.3) is 0 Å². The number of likely N-dealkylation sites (tertiary alicyclic amines) is 1. The van der Waals surface area contributed by atoms with Crippen molar-refractivity contribution in [2.45, 2.75) is 19.3 Å². The first-order valence-corrected chi connectivity index (χ1v) is 4.18. The Kier molecular flexibility index (Phi) is 2.69. The molecular formula is C8H17NO+. The predicted molar refractivity (Wildman–Crippen MR) is 40.2 cm³/mol. The molecule has 0 spiro atoms. The van der Waals surface area contributed by atoms with Crippen molar-refractivity contribution >= 4 is 0 Å². The molecule has 10 heavy (non-hydrogen) atoms. The molecule has 1 aliphatic heterocycles. The summed E-state index contributed by atoms with van der Waals surface area (Å²) in [6.07, 6.45) is 4.00. The zero-order valence-electron chi connectivity index (χ0n) is 6.81. The maximum absolute atomic E-state index is 10.4. The number of hydrogen-bond acceptors (Lipinski definition) is 0. The molecule has 0 unspecified atom stereocenters. The van der Waals surface area contributed by atoms with E-state index in [0.29, 0.717) is 0 Å². The number of hydrogen-bond donors (Lipinski definition) is 0. The Morgan fingerprint density at radius 2 is 1.80 bits per heavy atom. The van der Waals surface area contributed by atoms with E-state index in [-0.39, 0.29) is 6.61 Å². The average Bonchev–Trinajstić information content (AvgIpc) is 1.89. The van der Waals surface area contributed by atoms with Gasteiger partial charge in [0.15, 0.2) is 0 Å². The Morgan fingerprint density at radius 3 is 2.30 bits per heavy atom. The van der Waals surface area contributed by atoms with E-state index in [2.05, 4.69) is 7.05 Å². The van der Waals surface area contributed by atoms with E-state index in [0.717, 1.165) is 11.0 Å². The van der Waals surface area contributed by atoms with Crippen LogP contribution < -0.4 is 0 Å². The van der Waals surface area contributed by atoms with Gasteiger partial charge in [0.05, 0.1) is 20.1 Å². The van der Waals surface area contributed by atoms with Crippen molar-refractivity contribution in [3.8, 4) is 0 Å². The number of nitrogens with zero attached hydrogens (tertiary/aromatic N) is 1. The zero-order chi connectivity index (χ0) is 7.45. The van der Waals surface area contributed by atoms with Crippen LogP contribution >= 0.6 is 0 Å². The standard InChI is InChI=1S/C8H17NO/c1-9(7-8-10)5-3-2-4-6-9/h2-8H2,1H3/q+1. The molecule has 0 N–H and O–H groups in total. The van der Waals surface area contributed by atoms with Gasteiger partial charge < -0.3 is 4.48 Å². The summed E-state index contributed by atoms with van der Waals surface area (Å²) in [6.45, 7) is 3.38. The molecule has 0 atom stereocenters. The highest BCUT2D eigenvalue weighted by Gasteiger charge is 2.23. The molecule has 1 fully saturated rings. The molecule has 0 aromatic heterocycles. The predicted octanol–water partition coefficient (Wildman–Crippen LogP) is 1.05. The van der Waals surface area contributed by atoms with E-state index in [4.69, 9.17) is 0 Å².